The molecule has 5 nitrogen and oxygen atoms in total. The lowest BCUT2D eigenvalue weighted by atomic mass is 10.1. The number of nitrogens with one attached hydrogen (secondary N) is 2. The predicted molar refractivity (Wildman–Crippen MR) is 79.3 cm³/mol. The van der Waals surface area contributed by atoms with E-state index in [0.29, 0.717) is 0 Å². The maximum Gasteiger partial charge on any atom is 0.418 e. The molecule has 2 aromatic rings. The van der Waals surface area contributed by atoms with E-state index in [0.717, 1.165) is 6.07 Å². The van der Waals surface area contributed by atoms with Gasteiger partial charge in [0.15, 0.2) is 0 Å². The Morgan fingerprint density at radius 1 is 1.22 bits per heavy atom. The van der Waals surface area contributed by atoms with Crippen molar-refractivity contribution in [3.63, 3.8) is 0 Å². The van der Waals surface area contributed by atoms with Gasteiger partial charge in [-0.15, -0.1) is 6.58 Å². The summed E-state index contributed by atoms with van der Waals surface area (Å²) in [5.41, 5.74) is -0.894. The summed E-state index contributed by atoms with van der Waals surface area (Å²) in [5, 5.41) is 5.07. The summed E-state index contributed by atoms with van der Waals surface area (Å²) < 4.78 is 38.7. The smallest absolute Gasteiger partial charge is 0.347 e. The molecule has 0 fully saturated rings. The Balaban J connectivity index is 2.16. The molecule has 0 spiro atoms. The van der Waals surface area contributed by atoms with Gasteiger partial charge in [0.1, 0.15) is 11.5 Å². The summed E-state index contributed by atoms with van der Waals surface area (Å²) in [4.78, 5) is 19.4. The second-order valence-corrected chi connectivity index (χ2v) is 4.45. The highest BCUT2D eigenvalue weighted by molar-refractivity contribution is 5.92. The first-order valence-corrected chi connectivity index (χ1v) is 6.56. The largest absolute Gasteiger partial charge is 0.418 e. The van der Waals surface area contributed by atoms with Crippen molar-refractivity contribution in [2.75, 3.05) is 11.9 Å². The van der Waals surface area contributed by atoms with Crippen molar-refractivity contribution in [3.05, 3.63) is 60.6 Å². The number of hydrogen-bond donors (Lipinski definition) is 2. The molecule has 0 aliphatic rings. The van der Waals surface area contributed by atoms with E-state index in [1.807, 2.05) is 0 Å². The van der Waals surface area contributed by atoms with Crippen LogP contribution in [0.1, 0.15) is 16.1 Å². The number of alkyl halides is 3. The van der Waals surface area contributed by atoms with E-state index < -0.39 is 17.6 Å². The molecule has 1 amide bonds. The minimum atomic E-state index is -4.48. The molecule has 0 saturated heterocycles. The average Bonchev–Trinajstić information content (AvgIpc) is 2.53. The molecule has 0 aliphatic heterocycles. The maximum atomic E-state index is 12.9. The van der Waals surface area contributed by atoms with Crippen molar-refractivity contribution in [1.82, 2.24) is 15.3 Å². The minimum Gasteiger partial charge on any atom is -0.347 e. The van der Waals surface area contributed by atoms with Crippen molar-refractivity contribution in [2.24, 2.45) is 0 Å². The Labute approximate surface area is 130 Å². The summed E-state index contributed by atoms with van der Waals surface area (Å²) in [5.74, 6) is -0.346. The lowest BCUT2D eigenvalue weighted by Crippen LogP contribution is -2.24. The van der Waals surface area contributed by atoms with E-state index in [1.54, 1.807) is 0 Å². The van der Waals surface area contributed by atoms with Crippen LogP contribution < -0.4 is 10.6 Å². The van der Waals surface area contributed by atoms with Crippen LogP contribution in [0.4, 0.5) is 24.7 Å². The van der Waals surface area contributed by atoms with Gasteiger partial charge in [0.2, 0.25) is 0 Å². The number of halogens is 3. The van der Waals surface area contributed by atoms with Crippen LogP contribution in [-0.4, -0.2) is 22.4 Å². The molecule has 23 heavy (non-hydrogen) atoms. The highest BCUT2D eigenvalue weighted by Crippen LogP contribution is 2.35. The van der Waals surface area contributed by atoms with Crippen LogP contribution in [0.15, 0.2) is 49.3 Å². The fourth-order valence-electron chi connectivity index (χ4n) is 1.74. The second-order valence-electron chi connectivity index (χ2n) is 4.45. The Kier molecular flexibility index (Phi) is 4.95. The van der Waals surface area contributed by atoms with E-state index in [4.69, 9.17) is 0 Å². The van der Waals surface area contributed by atoms with Crippen LogP contribution >= 0.6 is 0 Å². The fraction of sp³-hybridized carbons (Fsp3) is 0.133. The SMILES string of the molecule is C=CCNC(=O)c1cnc(Nc2ccccc2C(F)(F)F)cn1. The highest BCUT2D eigenvalue weighted by Gasteiger charge is 2.33. The average molecular weight is 322 g/mol. The number of benzene rings is 1. The summed E-state index contributed by atoms with van der Waals surface area (Å²) in [6.45, 7) is 3.74. The molecule has 0 unspecified atom stereocenters. The van der Waals surface area contributed by atoms with E-state index in [1.165, 1.54) is 36.7 Å². The first-order valence-electron chi connectivity index (χ1n) is 6.56. The van der Waals surface area contributed by atoms with Gasteiger partial charge in [-0.3, -0.25) is 4.79 Å². The monoisotopic (exact) mass is 322 g/mol. The second kappa shape index (κ2) is 6.91. The Morgan fingerprint density at radius 3 is 2.57 bits per heavy atom. The summed E-state index contributed by atoms with van der Waals surface area (Å²) in [6, 6.07) is 5.02. The number of aromatic nitrogens is 2. The minimum absolute atomic E-state index is 0.0570. The number of rotatable bonds is 5. The standard InChI is InChI=1S/C15H13F3N4O/c1-2-7-19-14(23)12-8-21-13(9-20-12)22-11-6-4-3-5-10(11)15(16,17)18/h2-6,8-9H,1,7H2,(H,19,23)(H,21,22). The van der Waals surface area contributed by atoms with Crippen LogP contribution in [0, 0.1) is 0 Å². The van der Waals surface area contributed by atoms with Gasteiger partial charge in [-0.2, -0.15) is 13.2 Å². The van der Waals surface area contributed by atoms with Crippen molar-refractivity contribution in [3.8, 4) is 0 Å². The van der Waals surface area contributed by atoms with Crippen LogP contribution in [0.5, 0.6) is 0 Å². The molecule has 2 rings (SSSR count). The van der Waals surface area contributed by atoms with Crippen LogP contribution in [0.2, 0.25) is 0 Å². The normalized spacial score (nSPS) is 10.9. The Bertz CT molecular complexity index is 699. The third kappa shape index (κ3) is 4.29. The number of carbonyl (C=O) groups is 1. The van der Waals surface area contributed by atoms with Gasteiger partial charge < -0.3 is 10.6 Å². The summed E-state index contributed by atoms with van der Waals surface area (Å²) in [7, 11) is 0. The maximum absolute atomic E-state index is 12.9. The van der Waals surface area contributed by atoms with Crippen molar-refractivity contribution in [1.29, 1.82) is 0 Å². The molecular weight excluding hydrogens is 309 g/mol. The summed E-state index contributed by atoms with van der Waals surface area (Å²) in [6.07, 6.45) is -0.607. The van der Waals surface area contributed by atoms with Gasteiger partial charge in [-0.25, -0.2) is 9.97 Å². The number of carbonyl (C=O) groups excluding carboxylic acids is 1. The van der Waals surface area contributed by atoms with E-state index >= 15 is 0 Å². The molecule has 0 radical (unpaired) electrons. The van der Waals surface area contributed by atoms with E-state index in [9.17, 15) is 18.0 Å². The molecule has 0 saturated carbocycles. The molecule has 1 aromatic carbocycles. The van der Waals surface area contributed by atoms with E-state index in [2.05, 4.69) is 27.2 Å². The lowest BCUT2D eigenvalue weighted by Gasteiger charge is -2.13. The lowest BCUT2D eigenvalue weighted by molar-refractivity contribution is -0.136. The molecule has 0 atom stereocenters. The third-order valence-corrected chi connectivity index (χ3v) is 2.79. The van der Waals surface area contributed by atoms with Crippen molar-refractivity contribution >= 4 is 17.4 Å². The zero-order chi connectivity index (χ0) is 16.9. The molecule has 120 valence electrons. The highest BCUT2D eigenvalue weighted by atomic mass is 19.4. The van der Waals surface area contributed by atoms with Crippen LogP contribution in [0.25, 0.3) is 0 Å². The Hall–Kier alpha value is -2.90. The molecule has 2 N–H and O–H groups in total. The number of nitrogens with zero attached hydrogens (tertiary/aromatic N) is 2. The number of amides is 1. The van der Waals surface area contributed by atoms with Gasteiger partial charge in [0, 0.05) is 6.54 Å². The van der Waals surface area contributed by atoms with Gasteiger partial charge in [-0.05, 0) is 12.1 Å². The fourth-order valence-corrected chi connectivity index (χ4v) is 1.74. The number of anilines is 2. The van der Waals surface area contributed by atoms with E-state index in [-0.39, 0.29) is 23.7 Å². The van der Waals surface area contributed by atoms with Crippen molar-refractivity contribution in [2.45, 2.75) is 6.18 Å². The predicted octanol–water partition coefficient (Wildman–Crippen LogP) is 3.15. The first kappa shape index (κ1) is 16.5. The first-order chi connectivity index (χ1) is 10.9. The van der Waals surface area contributed by atoms with Crippen LogP contribution in [0.3, 0.4) is 0 Å². The Morgan fingerprint density at radius 2 is 1.96 bits per heavy atom. The topological polar surface area (TPSA) is 66.9 Å². The quantitative estimate of drug-likeness (QED) is 0.830. The zero-order valence-electron chi connectivity index (χ0n) is 11.9. The number of hydrogen-bond acceptors (Lipinski definition) is 4. The molecule has 1 heterocycles. The van der Waals surface area contributed by atoms with Gasteiger partial charge in [0.05, 0.1) is 23.6 Å². The molecular formula is C15H13F3N4O. The molecule has 0 bridgehead atoms. The number of para-hydroxylation sites is 1. The van der Waals surface area contributed by atoms with Gasteiger partial charge in [-0.1, -0.05) is 18.2 Å². The molecule has 8 heteroatoms. The molecule has 0 aliphatic carbocycles. The van der Waals surface area contributed by atoms with Gasteiger partial charge in [0.25, 0.3) is 5.91 Å². The molecule has 1 aromatic heterocycles. The summed E-state index contributed by atoms with van der Waals surface area (Å²) >= 11 is 0. The van der Waals surface area contributed by atoms with Crippen molar-refractivity contribution < 1.29 is 18.0 Å². The third-order valence-electron chi connectivity index (χ3n) is 2.79. The van der Waals surface area contributed by atoms with Gasteiger partial charge >= 0.3 is 6.18 Å². The zero-order valence-corrected chi connectivity index (χ0v) is 11.9. The van der Waals surface area contributed by atoms with Crippen LogP contribution in [-0.2, 0) is 6.18 Å².